The van der Waals surface area contributed by atoms with Crippen molar-refractivity contribution < 1.29 is 9.85 Å². The maximum absolute atomic E-state index is 11.2. The Morgan fingerprint density at radius 1 is 1.15 bits per heavy atom. The van der Waals surface area contributed by atoms with Gasteiger partial charge in [0.15, 0.2) is 0 Å². The van der Waals surface area contributed by atoms with Crippen molar-refractivity contribution in [3.63, 3.8) is 0 Å². The van der Waals surface area contributed by atoms with Gasteiger partial charge in [-0.1, -0.05) is 32.3 Å². The molecule has 8 heteroatoms. The first kappa shape index (κ1) is 19.6. The summed E-state index contributed by atoms with van der Waals surface area (Å²) in [7, 11) is 0. The molecule has 26 heavy (non-hydrogen) atoms. The number of benzene rings is 1. The van der Waals surface area contributed by atoms with Crippen LogP contribution in [0.5, 0.6) is 0 Å². The fraction of sp³-hybridized carbons (Fsp3) is 0.500. The number of rotatable bonds is 9. The lowest BCUT2D eigenvalue weighted by molar-refractivity contribution is -0.393. The molecule has 2 rings (SSSR count). The molecule has 0 aromatic heterocycles. The molecule has 1 saturated carbocycles. The first-order valence-corrected chi connectivity index (χ1v) is 8.97. The van der Waals surface area contributed by atoms with Gasteiger partial charge in [-0.2, -0.15) is 5.10 Å². The monoisotopic (exact) mass is 360 g/mol. The molecule has 0 spiro atoms. The van der Waals surface area contributed by atoms with Crippen LogP contribution < -0.4 is 5.43 Å². The number of nitrogens with zero attached hydrogens (tertiary/aromatic N) is 3. The van der Waals surface area contributed by atoms with Crippen molar-refractivity contribution in [1.29, 1.82) is 0 Å². The zero-order chi connectivity index (χ0) is 18.9. The average molecular weight is 360 g/mol. The Morgan fingerprint density at radius 2 is 1.96 bits per heavy atom. The Balaban J connectivity index is 2.09. The van der Waals surface area contributed by atoms with Crippen molar-refractivity contribution in [3.8, 4) is 0 Å². The molecular weight excluding hydrogens is 336 g/mol. The largest absolute Gasteiger partial charge is 0.301 e. The van der Waals surface area contributed by atoms with E-state index in [4.69, 9.17) is 0 Å². The number of unbranched alkanes of at least 4 members (excludes halogenated alkanes) is 4. The second kappa shape index (κ2) is 9.65. The van der Waals surface area contributed by atoms with Crippen LogP contribution in [0.3, 0.4) is 0 Å². The van der Waals surface area contributed by atoms with Crippen molar-refractivity contribution in [2.45, 2.75) is 58.3 Å². The molecule has 140 valence electrons. The predicted octanol–water partition coefficient (Wildman–Crippen LogP) is 5.35. The highest BCUT2D eigenvalue weighted by Gasteiger charge is 2.20. The summed E-state index contributed by atoms with van der Waals surface area (Å²) in [6, 6.07) is 3.50. The molecule has 1 N–H and O–H groups in total. The summed E-state index contributed by atoms with van der Waals surface area (Å²) in [6.45, 7) is 2.18. The topological polar surface area (TPSA) is 111 Å². The summed E-state index contributed by atoms with van der Waals surface area (Å²) in [5, 5.41) is 26.3. The summed E-state index contributed by atoms with van der Waals surface area (Å²) >= 11 is 0. The van der Waals surface area contributed by atoms with Crippen molar-refractivity contribution in [3.05, 3.63) is 50.1 Å². The Hall–Kier alpha value is -2.77. The highest BCUT2D eigenvalue weighted by molar-refractivity contribution is 6.02. The van der Waals surface area contributed by atoms with Crippen LogP contribution >= 0.6 is 0 Å². The summed E-state index contributed by atoms with van der Waals surface area (Å²) in [5.74, 6) is 0. The molecular formula is C18H24N4O4. The first-order valence-electron chi connectivity index (χ1n) is 8.97. The van der Waals surface area contributed by atoms with Crippen molar-refractivity contribution in [1.82, 2.24) is 0 Å². The van der Waals surface area contributed by atoms with Gasteiger partial charge in [0.2, 0.25) is 0 Å². The van der Waals surface area contributed by atoms with Crippen molar-refractivity contribution >= 4 is 22.8 Å². The SMILES string of the molecule is CCCCCC/C=C1\CCC\C1=N\Nc1ccc([N+](=O)[O-])cc1[N+](=O)[O-]. The fourth-order valence-corrected chi connectivity index (χ4v) is 2.95. The van der Waals surface area contributed by atoms with Gasteiger partial charge in [0.25, 0.3) is 5.69 Å². The van der Waals surface area contributed by atoms with Gasteiger partial charge in [-0.3, -0.25) is 25.7 Å². The fourth-order valence-electron chi connectivity index (χ4n) is 2.95. The van der Waals surface area contributed by atoms with Gasteiger partial charge in [0, 0.05) is 6.07 Å². The number of hydrogen-bond donors (Lipinski definition) is 1. The Kier molecular flexibility index (Phi) is 7.25. The number of anilines is 1. The first-order chi connectivity index (χ1) is 12.5. The van der Waals surface area contributed by atoms with E-state index in [-0.39, 0.29) is 17.1 Å². The molecule has 0 atom stereocenters. The van der Waals surface area contributed by atoms with Gasteiger partial charge >= 0.3 is 5.69 Å². The average Bonchev–Trinajstić information content (AvgIpc) is 3.06. The Morgan fingerprint density at radius 3 is 2.65 bits per heavy atom. The Labute approximate surface area is 152 Å². The molecule has 0 radical (unpaired) electrons. The number of nitrogens with one attached hydrogen (secondary N) is 1. The highest BCUT2D eigenvalue weighted by atomic mass is 16.6. The van der Waals surface area contributed by atoms with Crippen LogP contribution in [0.15, 0.2) is 34.9 Å². The standard InChI is InChI=1S/C18H24N4O4/c1-2-3-4-5-6-8-14-9-7-10-16(14)19-20-17-12-11-15(21(23)24)13-18(17)22(25)26/h8,11-13,20H,2-7,9-10H2,1H3/b14-8+,19-16-. The highest BCUT2D eigenvalue weighted by Crippen LogP contribution is 2.30. The van der Waals surface area contributed by atoms with Gasteiger partial charge in [0.1, 0.15) is 5.69 Å². The van der Waals surface area contributed by atoms with E-state index in [2.05, 4.69) is 23.5 Å². The van der Waals surface area contributed by atoms with Crippen molar-refractivity contribution in [2.24, 2.45) is 5.10 Å². The molecule has 1 aromatic carbocycles. The zero-order valence-corrected chi connectivity index (χ0v) is 14.9. The number of nitro benzene ring substituents is 2. The number of non-ortho nitro benzene ring substituents is 1. The molecule has 0 amide bonds. The minimum atomic E-state index is -0.654. The minimum absolute atomic E-state index is 0.155. The summed E-state index contributed by atoms with van der Waals surface area (Å²) in [5.41, 5.74) is 4.31. The third-order valence-electron chi connectivity index (χ3n) is 4.38. The van der Waals surface area contributed by atoms with Gasteiger partial charge in [-0.05, 0) is 43.7 Å². The Bertz CT molecular complexity index is 728. The van der Waals surface area contributed by atoms with Crippen LogP contribution in [0.25, 0.3) is 0 Å². The second-order valence-corrected chi connectivity index (χ2v) is 6.32. The van der Waals surface area contributed by atoms with Gasteiger partial charge in [0.05, 0.1) is 21.6 Å². The van der Waals surface area contributed by atoms with E-state index in [0.29, 0.717) is 0 Å². The molecule has 1 aliphatic carbocycles. The molecule has 0 saturated heterocycles. The molecule has 0 aliphatic heterocycles. The van der Waals surface area contributed by atoms with Crippen LogP contribution in [0, 0.1) is 20.2 Å². The van der Waals surface area contributed by atoms with Crippen molar-refractivity contribution in [2.75, 3.05) is 5.43 Å². The van der Waals surface area contributed by atoms with E-state index >= 15 is 0 Å². The summed E-state index contributed by atoms with van der Waals surface area (Å²) in [6.07, 6.45) is 10.9. The molecule has 8 nitrogen and oxygen atoms in total. The zero-order valence-electron chi connectivity index (χ0n) is 14.9. The van der Waals surface area contributed by atoms with E-state index in [9.17, 15) is 20.2 Å². The van der Waals surface area contributed by atoms with Gasteiger partial charge in [-0.15, -0.1) is 0 Å². The van der Waals surface area contributed by atoms with E-state index < -0.39 is 9.85 Å². The van der Waals surface area contributed by atoms with Crippen LogP contribution in [-0.4, -0.2) is 15.6 Å². The maximum atomic E-state index is 11.2. The molecule has 0 unspecified atom stereocenters. The molecule has 1 aromatic rings. The molecule has 0 heterocycles. The summed E-state index contributed by atoms with van der Waals surface area (Å²) < 4.78 is 0. The van der Waals surface area contributed by atoms with Crippen LogP contribution in [0.4, 0.5) is 17.1 Å². The number of hydrogen-bond acceptors (Lipinski definition) is 6. The summed E-state index contributed by atoms with van der Waals surface area (Å²) in [4.78, 5) is 20.7. The van der Waals surface area contributed by atoms with Crippen LogP contribution in [-0.2, 0) is 0 Å². The van der Waals surface area contributed by atoms with E-state index in [0.717, 1.165) is 43.9 Å². The third kappa shape index (κ3) is 5.37. The number of allylic oxidation sites excluding steroid dienone is 2. The lowest BCUT2D eigenvalue weighted by atomic mass is 10.1. The van der Waals surface area contributed by atoms with E-state index in [1.54, 1.807) is 0 Å². The van der Waals surface area contributed by atoms with Gasteiger partial charge in [-0.25, -0.2) is 0 Å². The normalized spacial score (nSPS) is 17.0. The van der Waals surface area contributed by atoms with E-state index in [1.807, 2.05) is 0 Å². The quantitative estimate of drug-likeness (QED) is 0.362. The molecule has 1 aliphatic rings. The smallest absolute Gasteiger partial charge is 0.271 e. The lowest BCUT2D eigenvalue weighted by Gasteiger charge is -2.05. The van der Waals surface area contributed by atoms with E-state index in [1.165, 1.54) is 37.0 Å². The van der Waals surface area contributed by atoms with Crippen LogP contribution in [0.1, 0.15) is 58.3 Å². The lowest BCUT2D eigenvalue weighted by Crippen LogP contribution is -2.02. The minimum Gasteiger partial charge on any atom is -0.271 e. The number of nitro groups is 2. The number of hydrazone groups is 1. The van der Waals surface area contributed by atoms with Gasteiger partial charge < -0.3 is 0 Å². The molecule has 1 fully saturated rings. The second-order valence-electron chi connectivity index (χ2n) is 6.32. The molecule has 0 bridgehead atoms. The third-order valence-corrected chi connectivity index (χ3v) is 4.38. The maximum Gasteiger partial charge on any atom is 0.301 e. The van der Waals surface area contributed by atoms with Crippen LogP contribution in [0.2, 0.25) is 0 Å². The predicted molar refractivity (Wildman–Crippen MR) is 102 cm³/mol.